The van der Waals surface area contributed by atoms with Gasteiger partial charge in [0.25, 0.3) is 5.91 Å². The van der Waals surface area contributed by atoms with Gasteiger partial charge >= 0.3 is 12.0 Å². The Hall–Kier alpha value is -3.34. The molecule has 10 N–H and O–H groups in total. The fourth-order valence-corrected chi connectivity index (χ4v) is 17.2. The van der Waals surface area contributed by atoms with E-state index in [2.05, 4.69) is 16.0 Å². The Bertz CT molecular complexity index is 2600. The zero-order valence-corrected chi connectivity index (χ0v) is 55.9. The number of allylic oxidation sites excluding steroid dienone is 4. The number of carbonyl (C=O) groups is 4. The Morgan fingerprint density at radius 1 is 0.888 bits per heavy atom. The van der Waals surface area contributed by atoms with Crippen LogP contribution in [0.4, 0.5) is 13.6 Å². The second-order valence-electron chi connectivity index (χ2n) is 29.5. The summed E-state index contributed by atoms with van der Waals surface area (Å²) in [5.41, 5.74) is -14.7. The van der Waals surface area contributed by atoms with Crippen molar-refractivity contribution in [1.29, 1.82) is 0 Å². The van der Waals surface area contributed by atoms with Crippen molar-refractivity contribution in [3.63, 3.8) is 0 Å². The van der Waals surface area contributed by atoms with Gasteiger partial charge in [0.15, 0.2) is 29.6 Å². The summed E-state index contributed by atoms with van der Waals surface area (Å²) in [6.45, 7) is 24.7. The van der Waals surface area contributed by atoms with Crippen LogP contribution < -0.4 is 16.0 Å². The zero-order valence-electron chi connectivity index (χ0n) is 55.9. The lowest BCUT2D eigenvalue weighted by molar-refractivity contribution is -0.336. The van der Waals surface area contributed by atoms with Gasteiger partial charge in [0.1, 0.15) is 41.3 Å². The number of methoxy groups -OCH3 is 1. The van der Waals surface area contributed by atoms with E-state index in [0.29, 0.717) is 6.42 Å². The number of nitrogens with one attached hydrogen (secondary N) is 3. The molecule has 3 amide bonds. The number of ether oxygens (including phenoxy) is 6. The molecular weight excluding hydrogens is 1160 g/mol. The number of likely N-dealkylation sites (N-methyl/N-ethyl adjacent to an activating group) is 1. The molecular formula is C65H109F2N5O17. The van der Waals surface area contributed by atoms with E-state index in [-0.39, 0.29) is 82.4 Å². The maximum atomic E-state index is 17.8. The lowest BCUT2D eigenvalue weighted by atomic mass is 9.44. The predicted molar refractivity (Wildman–Crippen MR) is 325 cm³/mol. The second kappa shape index (κ2) is 26.8. The minimum atomic E-state index is -2.38. The molecule has 0 aromatic rings. The molecule has 510 valence electrons. The van der Waals surface area contributed by atoms with Gasteiger partial charge in [-0.05, 0) is 157 Å². The molecule has 7 rings (SSSR count). The van der Waals surface area contributed by atoms with Crippen molar-refractivity contribution in [3.8, 4) is 0 Å². The second-order valence-corrected chi connectivity index (χ2v) is 29.5. The molecule has 3 saturated heterocycles. The van der Waals surface area contributed by atoms with E-state index in [0.717, 1.165) is 6.08 Å². The number of rotatable bonds is 14. The van der Waals surface area contributed by atoms with Crippen molar-refractivity contribution in [2.45, 2.75) is 268 Å². The minimum Gasteiger partial charge on any atom is -0.459 e. The SMILES string of the molecule is CC[C@H]1OC(=O)[C@H](C)[C@@H](O[C@H]2C[C@@](C)(OC)[C@](O)(CNCCNC(=O)[C@@]3(O)[C@H](C)CC4C5C[C@H](F)C6=CC(=O)C=C[C@]6(C)[C@@]5(F)[C@@H](O)C[C@@]43C)[C@H](C)O2)[C@H](C)[C@@H](O[C@@H]2O[C@H](C)C[C@H](N(C)C)[C@H]2O)[C@](C)(O)C[C@@H](C)CN(C(=O)NC(C)C)[C@H](C)[C@@H](O)[C@]1(C)O. The first-order chi connectivity index (χ1) is 41.1. The number of fused-ring (bicyclic) bond motifs is 5. The molecule has 7 aliphatic rings. The highest BCUT2D eigenvalue weighted by atomic mass is 19.1. The molecule has 27 atom stereocenters. The average molecular weight is 1270 g/mol. The summed E-state index contributed by atoms with van der Waals surface area (Å²) in [6, 6.07) is -2.28. The standard InChI is InChI=1S/C65H109F2N5O17/c1-19-48-62(15,81)52(76)39(9)72(57(79)70-33(2)3)31-34(4)28-60(13,80)53(89-55-50(75)46(71(16)17)25-36(6)85-55)37(7)51(38(8)54(77)87-48)88-49-30-61(14,84-18)63(82,40(10)86-49)32-68-22-23-69-56(78)65(83)35(5)24-42-43-27-45(66)44-26-41(73)20-21-58(44,11)64(43,67)47(74)29-59(42,65)12/h20-21,26,33-40,42-43,45-53,55,68,74-76,80-83H,19,22-25,27-32H2,1-18H3,(H,69,78)(H,70,79)/t34-,35-,36-,37+,38-,39-,40+,42?,43?,45+,46+,47+,48-,49+,50-,51+,52-,53-,55+,58+,59+,60-,61-,62-,63+,64+,65+/m1/s1. The van der Waals surface area contributed by atoms with Gasteiger partial charge in [-0.15, -0.1) is 0 Å². The Labute approximate surface area is 525 Å². The van der Waals surface area contributed by atoms with E-state index < -0.39 is 177 Å². The van der Waals surface area contributed by atoms with Crippen molar-refractivity contribution in [1.82, 2.24) is 25.8 Å². The number of carbonyl (C=O) groups excluding carboxylic acids is 4. The number of hydrogen-bond acceptors (Lipinski definition) is 19. The molecule has 0 spiro atoms. The summed E-state index contributed by atoms with van der Waals surface area (Å²) in [6.07, 6.45) is -10.5. The van der Waals surface area contributed by atoms with Crippen molar-refractivity contribution < 1.29 is 92.1 Å². The molecule has 22 nitrogen and oxygen atoms in total. The van der Waals surface area contributed by atoms with Crippen LogP contribution in [0.15, 0.2) is 23.8 Å². The Balaban J connectivity index is 1.12. The van der Waals surface area contributed by atoms with E-state index in [1.807, 2.05) is 32.8 Å². The van der Waals surface area contributed by atoms with Gasteiger partial charge in [-0.25, -0.2) is 13.6 Å². The summed E-state index contributed by atoms with van der Waals surface area (Å²) in [4.78, 5) is 58.9. The summed E-state index contributed by atoms with van der Waals surface area (Å²) in [5.74, 6) is -7.32. The third-order valence-electron chi connectivity index (χ3n) is 22.6. The van der Waals surface area contributed by atoms with Crippen LogP contribution in [0, 0.1) is 46.3 Å². The smallest absolute Gasteiger partial charge is 0.317 e. The third-order valence-corrected chi connectivity index (χ3v) is 22.6. The fourth-order valence-electron chi connectivity index (χ4n) is 17.2. The van der Waals surface area contributed by atoms with Crippen molar-refractivity contribution in [2.24, 2.45) is 46.3 Å². The lowest BCUT2D eigenvalue weighted by Gasteiger charge is -2.63. The minimum absolute atomic E-state index is 0.0135. The van der Waals surface area contributed by atoms with E-state index in [1.54, 1.807) is 76.2 Å². The number of aliphatic hydroxyl groups is 7. The number of nitrogens with zero attached hydrogens (tertiary/aromatic N) is 2. The molecule has 4 aliphatic carbocycles. The number of ketones is 1. The highest BCUT2D eigenvalue weighted by Gasteiger charge is 2.77. The number of urea groups is 1. The first-order valence-corrected chi connectivity index (χ1v) is 32.4. The van der Waals surface area contributed by atoms with Crippen LogP contribution in [0.5, 0.6) is 0 Å². The van der Waals surface area contributed by atoms with Gasteiger partial charge in [-0.1, -0.05) is 40.7 Å². The zero-order chi connectivity index (χ0) is 66.9. The molecule has 0 bridgehead atoms. The van der Waals surface area contributed by atoms with Crippen molar-refractivity contribution in [3.05, 3.63) is 23.8 Å². The lowest BCUT2D eigenvalue weighted by Crippen LogP contribution is -2.71. The van der Waals surface area contributed by atoms with Crippen LogP contribution in [0.3, 0.4) is 0 Å². The number of amides is 3. The van der Waals surface area contributed by atoms with Crippen LogP contribution in [-0.4, -0.2) is 236 Å². The van der Waals surface area contributed by atoms with Crippen LogP contribution in [0.25, 0.3) is 0 Å². The van der Waals surface area contributed by atoms with E-state index in [9.17, 15) is 54.9 Å². The normalized spacial score (nSPS) is 48.3. The van der Waals surface area contributed by atoms with Crippen molar-refractivity contribution in [2.75, 3.05) is 47.4 Å². The van der Waals surface area contributed by atoms with Crippen LogP contribution in [0.1, 0.15) is 149 Å². The van der Waals surface area contributed by atoms with Crippen molar-refractivity contribution >= 4 is 23.7 Å². The molecule has 3 aliphatic heterocycles. The number of esters is 1. The molecule has 6 fully saturated rings. The molecule has 3 saturated carbocycles. The number of aliphatic hydroxyl groups excluding tert-OH is 3. The molecule has 0 aromatic carbocycles. The van der Waals surface area contributed by atoms with Crippen LogP contribution in [0.2, 0.25) is 0 Å². The number of alkyl halides is 2. The monoisotopic (exact) mass is 1270 g/mol. The molecule has 2 unspecified atom stereocenters. The number of hydrogen-bond donors (Lipinski definition) is 10. The fraction of sp³-hybridized carbons (Fsp3) is 0.877. The summed E-state index contributed by atoms with van der Waals surface area (Å²) >= 11 is 0. The van der Waals surface area contributed by atoms with Crippen LogP contribution in [-0.2, 0) is 42.8 Å². The van der Waals surface area contributed by atoms with Crippen LogP contribution >= 0.6 is 0 Å². The molecule has 89 heavy (non-hydrogen) atoms. The van der Waals surface area contributed by atoms with Gasteiger partial charge in [0.2, 0.25) is 0 Å². The topological polar surface area (TPSA) is 308 Å². The first kappa shape index (κ1) is 73.1. The van der Waals surface area contributed by atoms with E-state index in [4.69, 9.17) is 28.4 Å². The average Bonchev–Trinajstić information content (AvgIpc) is 1.64. The Morgan fingerprint density at radius 3 is 2.15 bits per heavy atom. The van der Waals surface area contributed by atoms with Gasteiger partial charge in [0.05, 0.1) is 48.1 Å². The van der Waals surface area contributed by atoms with Gasteiger partial charge < -0.3 is 89.9 Å². The van der Waals surface area contributed by atoms with Gasteiger partial charge in [0, 0.05) is 74.5 Å². The molecule has 0 aromatic heterocycles. The molecule has 0 radical (unpaired) electrons. The van der Waals surface area contributed by atoms with Gasteiger partial charge in [-0.3, -0.25) is 14.4 Å². The first-order valence-electron chi connectivity index (χ1n) is 32.4. The number of cyclic esters (lactones) is 1. The highest BCUT2D eigenvalue weighted by Crippen LogP contribution is 2.71. The molecule has 24 heteroatoms. The predicted octanol–water partition coefficient (Wildman–Crippen LogP) is 3.76. The Morgan fingerprint density at radius 2 is 1.54 bits per heavy atom. The third kappa shape index (κ3) is 13.0. The Kier molecular flexibility index (Phi) is 22.0. The quantitative estimate of drug-likeness (QED) is 0.0875. The van der Waals surface area contributed by atoms with E-state index >= 15 is 8.78 Å². The molecule has 3 heterocycles. The largest absolute Gasteiger partial charge is 0.459 e. The highest BCUT2D eigenvalue weighted by molar-refractivity contribution is 6.01. The summed E-state index contributed by atoms with van der Waals surface area (Å²) < 4.78 is 73.0. The maximum Gasteiger partial charge on any atom is 0.317 e. The number of halogens is 2. The summed E-state index contributed by atoms with van der Waals surface area (Å²) in [7, 11) is 5.08. The van der Waals surface area contributed by atoms with Gasteiger partial charge in [-0.2, -0.15) is 0 Å². The summed E-state index contributed by atoms with van der Waals surface area (Å²) in [5, 5.41) is 95.2. The van der Waals surface area contributed by atoms with E-state index in [1.165, 1.54) is 38.0 Å². The maximum absolute atomic E-state index is 17.8.